The van der Waals surface area contributed by atoms with Crippen molar-refractivity contribution in [3.8, 4) is 0 Å². The van der Waals surface area contributed by atoms with Crippen LogP contribution < -0.4 is 5.32 Å². The molecule has 3 rings (SSSR count). The summed E-state index contributed by atoms with van der Waals surface area (Å²) in [6.07, 6.45) is 5.25. The van der Waals surface area contributed by atoms with Gasteiger partial charge in [-0.15, -0.1) is 10.2 Å². The lowest BCUT2D eigenvalue weighted by atomic mass is 10.2. The summed E-state index contributed by atoms with van der Waals surface area (Å²) in [4.78, 5) is 15.3. The van der Waals surface area contributed by atoms with Crippen molar-refractivity contribution in [2.75, 3.05) is 5.32 Å². The topological polar surface area (TPSA) is 92.4 Å². The smallest absolute Gasteiger partial charge is 0.326 e. The van der Waals surface area contributed by atoms with Crippen LogP contribution in [0.4, 0.5) is 5.82 Å². The summed E-state index contributed by atoms with van der Waals surface area (Å²) in [6.45, 7) is 1.83. The molecule has 2 N–H and O–H groups in total. The van der Waals surface area contributed by atoms with Gasteiger partial charge in [-0.1, -0.05) is 0 Å². The largest absolute Gasteiger partial charge is 0.480 e. The normalized spacial score (nSPS) is 16.7. The fraction of sp³-hybridized carbons (Fsp3) is 0.455. The van der Waals surface area contributed by atoms with E-state index in [9.17, 15) is 9.90 Å². The van der Waals surface area contributed by atoms with Gasteiger partial charge >= 0.3 is 5.97 Å². The van der Waals surface area contributed by atoms with Gasteiger partial charge < -0.3 is 10.4 Å². The average Bonchev–Trinajstić information content (AvgIpc) is 3.11. The lowest BCUT2D eigenvalue weighted by Crippen LogP contribution is -2.31. The van der Waals surface area contributed by atoms with Crippen molar-refractivity contribution < 1.29 is 9.90 Å². The van der Waals surface area contributed by atoms with Crippen LogP contribution in [0.2, 0.25) is 0 Å². The van der Waals surface area contributed by atoms with Gasteiger partial charge in [-0.25, -0.2) is 9.78 Å². The molecule has 1 aliphatic rings. The molecule has 1 atom stereocenters. The summed E-state index contributed by atoms with van der Waals surface area (Å²) >= 11 is 0. The van der Waals surface area contributed by atoms with E-state index < -0.39 is 12.0 Å². The molecule has 0 aromatic carbocycles. The van der Waals surface area contributed by atoms with E-state index in [4.69, 9.17) is 0 Å². The van der Waals surface area contributed by atoms with Gasteiger partial charge in [-0.3, -0.25) is 4.40 Å². The number of carboxylic acids is 1. The van der Waals surface area contributed by atoms with E-state index >= 15 is 0 Å². The standard InChI is InChI=1S/C11H13N5O2/c1-6-14-15-10-9(12-4-5-16(6)10)13-8(11(17)18)7-2-3-7/h4-5,7-8H,2-3H2,1H3,(H,12,13)(H,17,18). The molecule has 1 aliphatic carbocycles. The van der Waals surface area contributed by atoms with Crippen molar-refractivity contribution in [1.29, 1.82) is 0 Å². The molecule has 1 fully saturated rings. The number of fused-ring (bicyclic) bond motifs is 1. The molecule has 0 saturated heterocycles. The zero-order valence-electron chi connectivity index (χ0n) is 9.87. The molecular weight excluding hydrogens is 234 g/mol. The summed E-state index contributed by atoms with van der Waals surface area (Å²) in [5.41, 5.74) is 0.557. The van der Waals surface area contributed by atoms with E-state index in [0.717, 1.165) is 18.7 Å². The Morgan fingerprint density at radius 1 is 1.56 bits per heavy atom. The van der Waals surface area contributed by atoms with E-state index in [1.807, 2.05) is 6.92 Å². The minimum atomic E-state index is -0.849. The van der Waals surface area contributed by atoms with E-state index in [2.05, 4.69) is 20.5 Å². The van der Waals surface area contributed by atoms with Crippen molar-refractivity contribution >= 4 is 17.4 Å². The molecule has 1 saturated carbocycles. The Morgan fingerprint density at radius 2 is 2.33 bits per heavy atom. The number of aromatic nitrogens is 4. The van der Waals surface area contributed by atoms with E-state index in [0.29, 0.717) is 11.5 Å². The number of aliphatic carboxylic acids is 1. The SMILES string of the molecule is Cc1nnc2c(NC(C(=O)O)C3CC3)nccn12. The molecule has 18 heavy (non-hydrogen) atoms. The molecular formula is C11H13N5O2. The molecule has 2 aromatic heterocycles. The Balaban J connectivity index is 1.96. The first-order valence-electron chi connectivity index (χ1n) is 5.82. The molecule has 7 nitrogen and oxygen atoms in total. The quantitative estimate of drug-likeness (QED) is 0.826. The number of aryl methyl sites for hydroxylation is 1. The number of rotatable bonds is 4. The predicted octanol–water partition coefficient (Wildman–Crippen LogP) is 0.708. The van der Waals surface area contributed by atoms with E-state index in [1.165, 1.54) is 0 Å². The van der Waals surface area contributed by atoms with E-state index in [-0.39, 0.29) is 5.92 Å². The number of carbonyl (C=O) groups is 1. The first-order valence-corrected chi connectivity index (χ1v) is 5.82. The van der Waals surface area contributed by atoms with Crippen molar-refractivity contribution in [2.24, 2.45) is 5.92 Å². The van der Waals surface area contributed by atoms with Gasteiger partial charge in [0.15, 0.2) is 5.82 Å². The lowest BCUT2D eigenvalue weighted by molar-refractivity contribution is -0.138. The van der Waals surface area contributed by atoms with Gasteiger partial charge in [0.1, 0.15) is 11.9 Å². The van der Waals surface area contributed by atoms with Crippen LogP contribution in [-0.4, -0.2) is 36.7 Å². The second kappa shape index (κ2) is 3.94. The van der Waals surface area contributed by atoms with Gasteiger partial charge in [0.2, 0.25) is 5.65 Å². The van der Waals surface area contributed by atoms with Crippen LogP contribution in [0.25, 0.3) is 5.65 Å². The zero-order valence-corrected chi connectivity index (χ0v) is 9.87. The third-order valence-corrected chi connectivity index (χ3v) is 3.15. The lowest BCUT2D eigenvalue weighted by Gasteiger charge is -2.14. The fourth-order valence-electron chi connectivity index (χ4n) is 2.00. The van der Waals surface area contributed by atoms with Crippen molar-refractivity contribution in [2.45, 2.75) is 25.8 Å². The fourth-order valence-corrected chi connectivity index (χ4v) is 2.00. The molecule has 0 spiro atoms. The van der Waals surface area contributed by atoms with Gasteiger partial charge in [0.05, 0.1) is 0 Å². The average molecular weight is 247 g/mol. The highest BCUT2D eigenvalue weighted by molar-refractivity contribution is 5.79. The Hall–Kier alpha value is -2.18. The maximum atomic E-state index is 11.2. The number of hydrogen-bond donors (Lipinski definition) is 2. The van der Waals surface area contributed by atoms with E-state index in [1.54, 1.807) is 16.8 Å². The highest BCUT2D eigenvalue weighted by Gasteiger charge is 2.36. The molecule has 0 aliphatic heterocycles. The van der Waals surface area contributed by atoms with Crippen LogP contribution in [0.15, 0.2) is 12.4 Å². The van der Waals surface area contributed by atoms with Crippen molar-refractivity contribution in [3.05, 3.63) is 18.2 Å². The maximum absolute atomic E-state index is 11.2. The van der Waals surface area contributed by atoms with Crippen molar-refractivity contribution in [3.63, 3.8) is 0 Å². The minimum absolute atomic E-state index is 0.188. The monoisotopic (exact) mass is 247 g/mol. The molecule has 0 radical (unpaired) electrons. The van der Waals surface area contributed by atoms with Gasteiger partial charge in [0, 0.05) is 12.4 Å². The minimum Gasteiger partial charge on any atom is -0.480 e. The molecule has 1 unspecified atom stereocenters. The Kier molecular flexibility index (Phi) is 2.39. The first-order chi connectivity index (χ1) is 8.66. The van der Waals surface area contributed by atoms with Crippen LogP contribution in [0, 0.1) is 12.8 Å². The molecule has 2 aromatic rings. The van der Waals surface area contributed by atoms with Crippen LogP contribution >= 0.6 is 0 Å². The summed E-state index contributed by atoms with van der Waals surface area (Å²) in [5, 5.41) is 20.1. The number of nitrogens with one attached hydrogen (secondary N) is 1. The number of hydrogen-bond acceptors (Lipinski definition) is 5. The summed E-state index contributed by atoms with van der Waals surface area (Å²) in [7, 11) is 0. The third kappa shape index (κ3) is 1.77. The Labute approximate surface area is 103 Å². The third-order valence-electron chi connectivity index (χ3n) is 3.15. The summed E-state index contributed by atoms with van der Waals surface area (Å²) in [5.74, 6) is 0.553. The summed E-state index contributed by atoms with van der Waals surface area (Å²) in [6, 6.07) is -0.597. The summed E-state index contributed by atoms with van der Waals surface area (Å²) < 4.78 is 1.78. The second-order valence-corrected chi connectivity index (χ2v) is 4.51. The predicted molar refractivity (Wildman–Crippen MR) is 63.3 cm³/mol. The van der Waals surface area contributed by atoms with Crippen LogP contribution in [-0.2, 0) is 4.79 Å². The van der Waals surface area contributed by atoms with Gasteiger partial charge in [0.25, 0.3) is 0 Å². The Bertz CT molecular complexity index is 604. The highest BCUT2D eigenvalue weighted by atomic mass is 16.4. The maximum Gasteiger partial charge on any atom is 0.326 e. The van der Waals surface area contributed by atoms with Crippen LogP contribution in [0.3, 0.4) is 0 Å². The molecule has 7 heteroatoms. The number of nitrogens with zero attached hydrogens (tertiary/aromatic N) is 4. The number of anilines is 1. The molecule has 0 amide bonds. The Morgan fingerprint density at radius 3 is 3.00 bits per heavy atom. The molecule has 0 bridgehead atoms. The van der Waals surface area contributed by atoms with Gasteiger partial charge in [-0.05, 0) is 25.7 Å². The zero-order chi connectivity index (χ0) is 12.7. The highest BCUT2D eigenvalue weighted by Crippen LogP contribution is 2.34. The van der Waals surface area contributed by atoms with Crippen LogP contribution in [0.5, 0.6) is 0 Å². The molecule has 94 valence electrons. The van der Waals surface area contributed by atoms with Gasteiger partial charge in [-0.2, -0.15) is 0 Å². The first kappa shape index (κ1) is 10.9. The van der Waals surface area contributed by atoms with Crippen molar-refractivity contribution in [1.82, 2.24) is 19.6 Å². The van der Waals surface area contributed by atoms with Crippen LogP contribution in [0.1, 0.15) is 18.7 Å². The number of carboxylic acid groups (broad SMARTS) is 1. The molecule has 2 heterocycles. The second-order valence-electron chi connectivity index (χ2n) is 4.51.